The number of imidazole rings is 1. The van der Waals surface area contributed by atoms with E-state index >= 15 is 0 Å². The molecular formula is C27H28ClN3O3. The van der Waals surface area contributed by atoms with Crippen LogP contribution in [0.5, 0.6) is 11.5 Å². The molecule has 34 heavy (non-hydrogen) atoms. The molecule has 2 aromatic carbocycles. The van der Waals surface area contributed by atoms with Gasteiger partial charge in [0.05, 0.1) is 12.5 Å². The number of benzene rings is 2. The SMILES string of the molecule is COc1cc(-c2nc3cc(C)ccn3c2NCc2ccccc2)ccc1OC(=O)C(C)(C)CCl. The molecule has 0 bridgehead atoms. The smallest absolute Gasteiger partial charge is 0.318 e. The van der Waals surface area contributed by atoms with Crippen LogP contribution in [0.25, 0.3) is 16.9 Å². The molecule has 0 aliphatic rings. The highest BCUT2D eigenvalue weighted by Gasteiger charge is 2.30. The Balaban J connectivity index is 1.73. The summed E-state index contributed by atoms with van der Waals surface area (Å²) in [6.45, 7) is 6.18. The summed E-state index contributed by atoms with van der Waals surface area (Å²) in [5, 5.41) is 3.54. The molecule has 0 saturated carbocycles. The van der Waals surface area contributed by atoms with E-state index < -0.39 is 11.4 Å². The van der Waals surface area contributed by atoms with Crippen LogP contribution in [0.2, 0.25) is 0 Å². The number of carbonyl (C=O) groups excluding carboxylic acids is 1. The number of fused-ring (bicyclic) bond motifs is 1. The fraction of sp³-hybridized carbons (Fsp3) is 0.259. The van der Waals surface area contributed by atoms with Gasteiger partial charge in [0.2, 0.25) is 0 Å². The standard InChI is InChI=1S/C27H28ClN3O3/c1-18-12-13-31-23(14-18)30-24(25(31)29-16-19-8-6-5-7-9-19)20-10-11-21(22(15-20)33-4)34-26(32)27(2,3)17-28/h5-15,29H,16-17H2,1-4H3. The molecule has 7 heteroatoms. The third kappa shape index (κ3) is 4.87. The fourth-order valence-electron chi connectivity index (χ4n) is 3.49. The summed E-state index contributed by atoms with van der Waals surface area (Å²) in [6.07, 6.45) is 2.01. The maximum Gasteiger partial charge on any atom is 0.318 e. The number of anilines is 1. The van der Waals surface area contributed by atoms with Crippen molar-refractivity contribution >= 4 is 29.0 Å². The van der Waals surface area contributed by atoms with E-state index in [1.165, 1.54) is 0 Å². The van der Waals surface area contributed by atoms with Gasteiger partial charge in [0.1, 0.15) is 17.2 Å². The van der Waals surface area contributed by atoms with E-state index in [0.717, 1.165) is 33.8 Å². The molecule has 2 aromatic heterocycles. The molecule has 0 amide bonds. The highest BCUT2D eigenvalue weighted by molar-refractivity contribution is 6.19. The van der Waals surface area contributed by atoms with Gasteiger partial charge in [-0.1, -0.05) is 30.3 Å². The Morgan fingerprint density at radius 2 is 1.85 bits per heavy atom. The van der Waals surface area contributed by atoms with E-state index in [2.05, 4.69) is 17.4 Å². The lowest BCUT2D eigenvalue weighted by atomic mass is 9.97. The third-order valence-electron chi connectivity index (χ3n) is 5.61. The first-order chi connectivity index (χ1) is 16.3. The van der Waals surface area contributed by atoms with Crippen LogP contribution in [-0.4, -0.2) is 28.3 Å². The molecule has 1 N–H and O–H groups in total. The first-order valence-electron chi connectivity index (χ1n) is 11.1. The molecule has 176 valence electrons. The van der Waals surface area contributed by atoms with E-state index in [9.17, 15) is 4.79 Å². The number of rotatable bonds is 8. The number of alkyl halides is 1. The molecule has 6 nitrogen and oxygen atoms in total. The number of nitrogens with zero attached hydrogens (tertiary/aromatic N) is 2. The number of ether oxygens (including phenoxy) is 2. The number of aromatic nitrogens is 2. The van der Waals surface area contributed by atoms with E-state index in [1.807, 2.05) is 60.0 Å². The molecule has 0 atom stereocenters. The van der Waals surface area contributed by atoms with Gasteiger partial charge in [-0.3, -0.25) is 9.20 Å². The van der Waals surface area contributed by atoms with Crippen molar-refractivity contribution in [2.75, 3.05) is 18.3 Å². The lowest BCUT2D eigenvalue weighted by Crippen LogP contribution is -2.30. The molecule has 2 heterocycles. The molecule has 0 saturated heterocycles. The van der Waals surface area contributed by atoms with E-state index in [1.54, 1.807) is 27.0 Å². The Morgan fingerprint density at radius 3 is 2.56 bits per heavy atom. The summed E-state index contributed by atoms with van der Waals surface area (Å²) >= 11 is 5.92. The number of aryl methyl sites for hydroxylation is 1. The first kappa shape index (κ1) is 23.6. The lowest BCUT2D eigenvalue weighted by Gasteiger charge is -2.20. The minimum absolute atomic E-state index is 0.156. The number of methoxy groups -OCH3 is 1. The van der Waals surface area contributed by atoms with Crippen molar-refractivity contribution < 1.29 is 14.3 Å². The van der Waals surface area contributed by atoms with Crippen LogP contribution in [0.15, 0.2) is 66.9 Å². The van der Waals surface area contributed by atoms with Gasteiger partial charge in [0.25, 0.3) is 0 Å². The van der Waals surface area contributed by atoms with Crippen molar-refractivity contribution in [3.8, 4) is 22.8 Å². The monoisotopic (exact) mass is 477 g/mol. The molecule has 4 aromatic rings. The van der Waals surface area contributed by atoms with Crippen LogP contribution in [0, 0.1) is 12.3 Å². The lowest BCUT2D eigenvalue weighted by molar-refractivity contribution is -0.142. The number of esters is 1. The summed E-state index contributed by atoms with van der Waals surface area (Å²) in [5.41, 5.74) is 3.93. The highest BCUT2D eigenvalue weighted by atomic mass is 35.5. The Bertz CT molecular complexity index is 1320. The van der Waals surface area contributed by atoms with Crippen molar-refractivity contribution in [3.05, 3.63) is 78.0 Å². The summed E-state index contributed by atoms with van der Waals surface area (Å²) < 4.78 is 13.2. The van der Waals surface area contributed by atoms with Gasteiger partial charge in [0.15, 0.2) is 11.5 Å². The Kier molecular flexibility index (Phi) is 6.80. The summed E-state index contributed by atoms with van der Waals surface area (Å²) in [6, 6.07) is 19.7. The summed E-state index contributed by atoms with van der Waals surface area (Å²) in [4.78, 5) is 17.4. The van der Waals surface area contributed by atoms with Gasteiger partial charge in [-0.05, 0) is 62.2 Å². The van der Waals surface area contributed by atoms with Crippen LogP contribution in [0.4, 0.5) is 5.82 Å². The van der Waals surface area contributed by atoms with Crippen molar-refractivity contribution in [1.82, 2.24) is 9.38 Å². The maximum absolute atomic E-state index is 12.5. The average Bonchev–Trinajstić information content (AvgIpc) is 3.20. The Labute approximate surface area is 204 Å². The van der Waals surface area contributed by atoms with E-state index in [-0.39, 0.29) is 5.88 Å². The minimum Gasteiger partial charge on any atom is -0.493 e. The summed E-state index contributed by atoms with van der Waals surface area (Å²) in [7, 11) is 1.55. The Hall–Kier alpha value is -3.51. The van der Waals surface area contributed by atoms with Gasteiger partial charge in [-0.25, -0.2) is 4.98 Å². The second kappa shape index (κ2) is 9.77. The molecule has 0 aliphatic carbocycles. The predicted molar refractivity (Wildman–Crippen MR) is 136 cm³/mol. The zero-order chi connectivity index (χ0) is 24.3. The number of halogens is 1. The zero-order valence-electron chi connectivity index (χ0n) is 19.8. The van der Waals surface area contributed by atoms with Gasteiger partial charge < -0.3 is 14.8 Å². The topological polar surface area (TPSA) is 64.9 Å². The second-order valence-electron chi connectivity index (χ2n) is 8.85. The van der Waals surface area contributed by atoms with Crippen molar-refractivity contribution in [1.29, 1.82) is 0 Å². The van der Waals surface area contributed by atoms with Crippen LogP contribution >= 0.6 is 11.6 Å². The van der Waals surface area contributed by atoms with E-state index in [4.69, 9.17) is 26.1 Å². The number of hydrogen-bond acceptors (Lipinski definition) is 5. The van der Waals surface area contributed by atoms with Crippen LogP contribution in [-0.2, 0) is 11.3 Å². The zero-order valence-corrected chi connectivity index (χ0v) is 20.5. The number of nitrogens with one attached hydrogen (secondary N) is 1. The van der Waals surface area contributed by atoms with Crippen molar-refractivity contribution in [2.45, 2.75) is 27.3 Å². The van der Waals surface area contributed by atoms with Crippen LogP contribution in [0.1, 0.15) is 25.0 Å². The van der Waals surface area contributed by atoms with E-state index in [0.29, 0.717) is 18.0 Å². The normalized spacial score (nSPS) is 11.4. The number of hydrogen-bond donors (Lipinski definition) is 1. The highest BCUT2D eigenvalue weighted by Crippen LogP contribution is 2.37. The quantitative estimate of drug-likeness (QED) is 0.189. The van der Waals surface area contributed by atoms with Gasteiger partial charge >= 0.3 is 5.97 Å². The largest absolute Gasteiger partial charge is 0.493 e. The molecule has 0 unspecified atom stereocenters. The number of pyridine rings is 1. The maximum atomic E-state index is 12.5. The van der Waals surface area contributed by atoms with Crippen LogP contribution < -0.4 is 14.8 Å². The third-order valence-corrected chi connectivity index (χ3v) is 6.28. The van der Waals surface area contributed by atoms with Gasteiger partial charge in [-0.2, -0.15) is 0 Å². The molecule has 0 aliphatic heterocycles. The fourth-order valence-corrected chi connectivity index (χ4v) is 3.60. The van der Waals surface area contributed by atoms with Crippen LogP contribution in [0.3, 0.4) is 0 Å². The Morgan fingerprint density at radius 1 is 1.09 bits per heavy atom. The van der Waals surface area contributed by atoms with Gasteiger partial charge in [-0.15, -0.1) is 11.6 Å². The molecule has 0 radical (unpaired) electrons. The number of carbonyl (C=O) groups is 1. The molecular weight excluding hydrogens is 450 g/mol. The van der Waals surface area contributed by atoms with Crippen molar-refractivity contribution in [2.24, 2.45) is 5.41 Å². The average molecular weight is 478 g/mol. The second-order valence-corrected chi connectivity index (χ2v) is 9.12. The molecule has 4 rings (SSSR count). The molecule has 0 fully saturated rings. The van der Waals surface area contributed by atoms with Crippen molar-refractivity contribution in [3.63, 3.8) is 0 Å². The summed E-state index contributed by atoms with van der Waals surface area (Å²) in [5.74, 6) is 1.39. The predicted octanol–water partition coefficient (Wildman–Crippen LogP) is 6.10. The first-order valence-corrected chi connectivity index (χ1v) is 11.6. The minimum atomic E-state index is -0.806. The molecule has 0 spiro atoms. The van der Waals surface area contributed by atoms with Gasteiger partial charge in [0, 0.05) is 24.2 Å².